The van der Waals surface area contributed by atoms with Gasteiger partial charge in [0.1, 0.15) is 11.7 Å². The molecule has 4 rings (SSSR count). The van der Waals surface area contributed by atoms with Gasteiger partial charge in [0.05, 0.1) is 18.7 Å². The summed E-state index contributed by atoms with van der Waals surface area (Å²) in [6.45, 7) is 1.19. The average molecular weight is 335 g/mol. The molecule has 6 heteroatoms. The lowest BCUT2D eigenvalue weighted by molar-refractivity contribution is 0.101. The summed E-state index contributed by atoms with van der Waals surface area (Å²) in [6.07, 6.45) is 4.10. The SMILES string of the molecule is O=C(Nc1ccc2ncccc2c1)c1cccnc1O[C@@H]1CCOC1. The van der Waals surface area contributed by atoms with Crippen molar-refractivity contribution >= 4 is 22.5 Å². The lowest BCUT2D eigenvalue weighted by Gasteiger charge is -2.14. The number of nitrogens with one attached hydrogen (secondary N) is 1. The van der Waals surface area contributed by atoms with Crippen molar-refractivity contribution in [3.05, 3.63) is 60.4 Å². The van der Waals surface area contributed by atoms with E-state index in [1.54, 1.807) is 24.5 Å². The molecule has 0 bridgehead atoms. The normalized spacial score (nSPS) is 16.7. The maximum Gasteiger partial charge on any atom is 0.261 e. The van der Waals surface area contributed by atoms with Crippen molar-refractivity contribution in [2.75, 3.05) is 18.5 Å². The Morgan fingerprint density at radius 2 is 2.04 bits per heavy atom. The topological polar surface area (TPSA) is 73.3 Å². The molecule has 1 atom stereocenters. The number of carbonyl (C=O) groups excluding carboxylic acids is 1. The van der Waals surface area contributed by atoms with Gasteiger partial charge in [0.2, 0.25) is 5.88 Å². The quantitative estimate of drug-likeness (QED) is 0.793. The standard InChI is InChI=1S/C19H17N3O3/c23-18(22-14-5-6-17-13(11-14)3-1-8-20-17)16-4-2-9-21-19(16)25-15-7-10-24-12-15/h1-6,8-9,11,15H,7,10,12H2,(H,22,23)/t15-/m1/s1. The third kappa shape index (κ3) is 3.44. The van der Waals surface area contributed by atoms with Gasteiger partial charge in [0.25, 0.3) is 5.91 Å². The van der Waals surface area contributed by atoms with E-state index in [-0.39, 0.29) is 12.0 Å². The van der Waals surface area contributed by atoms with E-state index in [2.05, 4.69) is 15.3 Å². The smallest absolute Gasteiger partial charge is 0.261 e. The van der Waals surface area contributed by atoms with Crippen molar-refractivity contribution in [3.8, 4) is 5.88 Å². The molecule has 3 aromatic rings. The summed E-state index contributed by atoms with van der Waals surface area (Å²) in [4.78, 5) is 21.1. The van der Waals surface area contributed by atoms with Gasteiger partial charge in [-0.3, -0.25) is 9.78 Å². The fourth-order valence-electron chi connectivity index (χ4n) is 2.77. The van der Waals surface area contributed by atoms with Crippen LogP contribution in [0, 0.1) is 0 Å². The number of anilines is 1. The zero-order valence-corrected chi connectivity index (χ0v) is 13.5. The van der Waals surface area contributed by atoms with E-state index in [0.29, 0.717) is 30.3 Å². The van der Waals surface area contributed by atoms with Crippen molar-refractivity contribution < 1.29 is 14.3 Å². The second kappa shape index (κ2) is 6.86. The number of fused-ring (bicyclic) bond motifs is 1. The van der Waals surface area contributed by atoms with Gasteiger partial charge in [-0.2, -0.15) is 0 Å². The molecule has 0 radical (unpaired) electrons. The molecule has 0 spiro atoms. The van der Waals surface area contributed by atoms with Crippen LogP contribution < -0.4 is 10.1 Å². The number of amides is 1. The zero-order chi connectivity index (χ0) is 17.1. The lowest BCUT2D eigenvalue weighted by atomic mass is 10.2. The number of hydrogen-bond donors (Lipinski definition) is 1. The molecule has 0 unspecified atom stereocenters. The molecule has 3 heterocycles. The second-order valence-corrected chi connectivity index (χ2v) is 5.82. The van der Waals surface area contributed by atoms with Crippen molar-refractivity contribution in [2.24, 2.45) is 0 Å². The van der Waals surface area contributed by atoms with Crippen LogP contribution in [-0.2, 0) is 4.74 Å². The highest BCUT2D eigenvalue weighted by Gasteiger charge is 2.21. The summed E-state index contributed by atoms with van der Waals surface area (Å²) in [7, 11) is 0. The number of hydrogen-bond acceptors (Lipinski definition) is 5. The molecule has 25 heavy (non-hydrogen) atoms. The van der Waals surface area contributed by atoms with Gasteiger partial charge >= 0.3 is 0 Å². The highest BCUT2D eigenvalue weighted by molar-refractivity contribution is 6.06. The Bertz CT molecular complexity index is 907. The van der Waals surface area contributed by atoms with Crippen molar-refractivity contribution in [2.45, 2.75) is 12.5 Å². The maximum atomic E-state index is 12.7. The van der Waals surface area contributed by atoms with E-state index in [0.717, 1.165) is 17.3 Å². The van der Waals surface area contributed by atoms with Crippen LogP contribution in [0.3, 0.4) is 0 Å². The van der Waals surface area contributed by atoms with Crippen LogP contribution >= 0.6 is 0 Å². The Balaban J connectivity index is 1.55. The summed E-state index contributed by atoms with van der Waals surface area (Å²) in [5.74, 6) is 0.0724. The van der Waals surface area contributed by atoms with E-state index in [9.17, 15) is 4.79 Å². The molecule has 1 fully saturated rings. The first-order valence-electron chi connectivity index (χ1n) is 8.15. The van der Waals surface area contributed by atoms with E-state index in [1.165, 1.54) is 0 Å². The van der Waals surface area contributed by atoms with Crippen molar-refractivity contribution in [1.29, 1.82) is 0 Å². The highest BCUT2D eigenvalue weighted by atomic mass is 16.5. The lowest BCUT2D eigenvalue weighted by Crippen LogP contribution is -2.20. The second-order valence-electron chi connectivity index (χ2n) is 5.82. The molecule has 6 nitrogen and oxygen atoms in total. The highest BCUT2D eigenvalue weighted by Crippen LogP contribution is 2.22. The van der Waals surface area contributed by atoms with Crippen LogP contribution in [0.5, 0.6) is 5.88 Å². The molecule has 1 amide bonds. The van der Waals surface area contributed by atoms with Gasteiger partial charge in [-0.1, -0.05) is 6.07 Å². The third-order valence-corrected chi connectivity index (χ3v) is 4.04. The van der Waals surface area contributed by atoms with Gasteiger partial charge in [0, 0.05) is 29.9 Å². The Labute approximate surface area is 144 Å². The molecule has 2 aromatic heterocycles. The maximum absolute atomic E-state index is 12.7. The summed E-state index contributed by atoms with van der Waals surface area (Å²) >= 11 is 0. The van der Waals surface area contributed by atoms with Crippen molar-refractivity contribution in [3.63, 3.8) is 0 Å². The molecule has 1 aliphatic rings. The minimum atomic E-state index is -0.259. The van der Waals surface area contributed by atoms with E-state index < -0.39 is 0 Å². The van der Waals surface area contributed by atoms with Crippen LogP contribution in [0.1, 0.15) is 16.8 Å². The van der Waals surface area contributed by atoms with Crippen LogP contribution in [0.4, 0.5) is 5.69 Å². The molecule has 0 aliphatic carbocycles. The molecule has 0 saturated carbocycles. The molecule has 1 aromatic carbocycles. The van der Waals surface area contributed by atoms with Crippen molar-refractivity contribution in [1.82, 2.24) is 9.97 Å². The van der Waals surface area contributed by atoms with E-state index in [4.69, 9.17) is 9.47 Å². The van der Waals surface area contributed by atoms with Gasteiger partial charge in [0.15, 0.2) is 0 Å². The summed E-state index contributed by atoms with van der Waals surface area (Å²) in [6, 6.07) is 12.8. The van der Waals surface area contributed by atoms with Gasteiger partial charge in [-0.25, -0.2) is 4.98 Å². The summed E-state index contributed by atoms with van der Waals surface area (Å²) in [5, 5.41) is 3.86. The minimum absolute atomic E-state index is 0.0619. The van der Waals surface area contributed by atoms with Crippen LogP contribution in [-0.4, -0.2) is 35.2 Å². The largest absolute Gasteiger partial charge is 0.471 e. The molecule has 1 aliphatic heterocycles. The zero-order valence-electron chi connectivity index (χ0n) is 13.5. The monoisotopic (exact) mass is 335 g/mol. The predicted octanol–water partition coefficient (Wildman–Crippen LogP) is 3.05. The van der Waals surface area contributed by atoms with Gasteiger partial charge < -0.3 is 14.8 Å². The number of benzene rings is 1. The predicted molar refractivity (Wildman–Crippen MR) is 93.8 cm³/mol. The Hall–Kier alpha value is -2.99. The van der Waals surface area contributed by atoms with E-state index >= 15 is 0 Å². The first-order valence-corrected chi connectivity index (χ1v) is 8.15. The number of nitrogens with zero attached hydrogens (tertiary/aromatic N) is 2. The third-order valence-electron chi connectivity index (χ3n) is 4.04. The van der Waals surface area contributed by atoms with Crippen LogP contribution in [0.15, 0.2) is 54.9 Å². The average Bonchev–Trinajstić information content (AvgIpc) is 3.15. The minimum Gasteiger partial charge on any atom is -0.471 e. The number of rotatable bonds is 4. The first-order chi connectivity index (χ1) is 12.3. The van der Waals surface area contributed by atoms with Crippen LogP contribution in [0.2, 0.25) is 0 Å². The molecule has 1 saturated heterocycles. The molecule has 1 N–H and O–H groups in total. The summed E-state index contributed by atoms with van der Waals surface area (Å²) in [5.41, 5.74) is 1.98. The molecule has 126 valence electrons. The Morgan fingerprint density at radius 1 is 1.16 bits per heavy atom. The Kier molecular flexibility index (Phi) is 4.26. The first kappa shape index (κ1) is 15.5. The van der Waals surface area contributed by atoms with Gasteiger partial charge in [-0.15, -0.1) is 0 Å². The molecular formula is C19H17N3O3. The number of ether oxygens (including phenoxy) is 2. The fourth-order valence-corrected chi connectivity index (χ4v) is 2.77. The Morgan fingerprint density at radius 3 is 2.92 bits per heavy atom. The molecular weight excluding hydrogens is 318 g/mol. The van der Waals surface area contributed by atoms with Crippen LogP contribution in [0.25, 0.3) is 10.9 Å². The number of aromatic nitrogens is 2. The fraction of sp³-hybridized carbons (Fsp3) is 0.211. The summed E-state index contributed by atoms with van der Waals surface area (Å²) < 4.78 is 11.1. The number of pyridine rings is 2. The van der Waals surface area contributed by atoms with Gasteiger partial charge in [-0.05, 0) is 36.4 Å². The van der Waals surface area contributed by atoms with E-state index in [1.807, 2.05) is 30.3 Å². The number of carbonyl (C=O) groups is 1.